The molecule has 0 spiro atoms. The molecule has 0 radical (unpaired) electrons. The van der Waals surface area contributed by atoms with E-state index in [9.17, 15) is 0 Å². The summed E-state index contributed by atoms with van der Waals surface area (Å²) in [6.07, 6.45) is 9.62. The SMILES string of the molecule is CCNC(=NCCOC1CCCCCC1)N1CCC(CN2CCOCC2)C1.I. The number of halogens is 1. The number of nitrogens with one attached hydrogen (secondary N) is 1. The predicted molar refractivity (Wildman–Crippen MR) is 126 cm³/mol. The van der Waals surface area contributed by atoms with Crippen LogP contribution in [0.25, 0.3) is 0 Å². The standard InChI is InChI=1S/C21H40N4O2.HI/c1-2-22-21(23-10-14-27-20-7-5-3-4-6-8-20)25-11-9-19(18-25)17-24-12-15-26-16-13-24;/h19-20H,2-18H2,1H3,(H,22,23);1H. The Morgan fingerprint density at radius 1 is 1.07 bits per heavy atom. The van der Waals surface area contributed by atoms with Crippen LogP contribution in [0.4, 0.5) is 0 Å². The van der Waals surface area contributed by atoms with Crippen molar-refractivity contribution in [2.75, 3.05) is 65.6 Å². The van der Waals surface area contributed by atoms with Gasteiger partial charge < -0.3 is 19.7 Å². The highest BCUT2D eigenvalue weighted by Crippen LogP contribution is 2.20. The van der Waals surface area contributed by atoms with Gasteiger partial charge in [0.1, 0.15) is 0 Å². The molecule has 6 nitrogen and oxygen atoms in total. The minimum atomic E-state index is 0. The first-order valence-corrected chi connectivity index (χ1v) is 11.3. The van der Waals surface area contributed by atoms with E-state index in [0.717, 1.165) is 71.0 Å². The Bertz CT molecular complexity index is 438. The monoisotopic (exact) mass is 508 g/mol. The molecule has 2 saturated heterocycles. The zero-order valence-corrected chi connectivity index (χ0v) is 20.1. The third-order valence-corrected chi connectivity index (χ3v) is 6.05. The van der Waals surface area contributed by atoms with Crippen LogP contribution in [0.5, 0.6) is 0 Å². The van der Waals surface area contributed by atoms with Crippen LogP contribution >= 0.6 is 24.0 Å². The molecular weight excluding hydrogens is 467 g/mol. The van der Waals surface area contributed by atoms with E-state index in [2.05, 4.69) is 22.0 Å². The number of hydrogen-bond acceptors (Lipinski definition) is 4. The lowest BCUT2D eigenvalue weighted by molar-refractivity contribution is 0.0315. The van der Waals surface area contributed by atoms with E-state index in [1.165, 1.54) is 51.5 Å². The summed E-state index contributed by atoms with van der Waals surface area (Å²) in [4.78, 5) is 9.86. The number of likely N-dealkylation sites (tertiary alicyclic amines) is 1. The summed E-state index contributed by atoms with van der Waals surface area (Å²) in [6, 6.07) is 0. The van der Waals surface area contributed by atoms with Gasteiger partial charge in [0.25, 0.3) is 0 Å². The fourth-order valence-electron chi connectivity index (χ4n) is 4.53. The highest BCUT2D eigenvalue weighted by molar-refractivity contribution is 14.0. The summed E-state index contributed by atoms with van der Waals surface area (Å²) in [7, 11) is 0. The highest BCUT2D eigenvalue weighted by atomic mass is 127. The third-order valence-electron chi connectivity index (χ3n) is 6.05. The second-order valence-corrected chi connectivity index (χ2v) is 8.23. The Balaban J connectivity index is 0.00000280. The molecule has 2 heterocycles. The maximum Gasteiger partial charge on any atom is 0.194 e. The number of aliphatic imine (C=N–C) groups is 1. The van der Waals surface area contributed by atoms with E-state index < -0.39 is 0 Å². The van der Waals surface area contributed by atoms with Gasteiger partial charge in [-0.3, -0.25) is 9.89 Å². The van der Waals surface area contributed by atoms with Gasteiger partial charge >= 0.3 is 0 Å². The Labute approximate surface area is 188 Å². The molecule has 1 aliphatic carbocycles. The molecule has 0 aromatic carbocycles. The number of hydrogen-bond donors (Lipinski definition) is 1. The number of guanidine groups is 1. The van der Waals surface area contributed by atoms with E-state index in [1.807, 2.05) is 0 Å². The lowest BCUT2D eigenvalue weighted by Crippen LogP contribution is -2.42. The average Bonchev–Trinajstić information content (AvgIpc) is 2.99. The minimum absolute atomic E-state index is 0. The predicted octanol–water partition coefficient (Wildman–Crippen LogP) is 2.96. The molecule has 7 heteroatoms. The zero-order chi connectivity index (χ0) is 18.7. The Kier molecular flexibility index (Phi) is 12.1. The molecule has 28 heavy (non-hydrogen) atoms. The van der Waals surface area contributed by atoms with Crippen LogP contribution in [0.3, 0.4) is 0 Å². The highest BCUT2D eigenvalue weighted by Gasteiger charge is 2.27. The molecule has 1 unspecified atom stereocenters. The first-order chi connectivity index (χ1) is 13.3. The topological polar surface area (TPSA) is 49.3 Å². The molecule has 0 aromatic heterocycles. The molecular formula is C21H41IN4O2. The van der Waals surface area contributed by atoms with Crippen molar-refractivity contribution in [1.29, 1.82) is 0 Å². The first kappa shape index (κ1) is 24.2. The van der Waals surface area contributed by atoms with Crippen molar-refractivity contribution in [2.24, 2.45) is 10.9 Å². The molecule has 1 atom stereocenters. The molecule has 0 amide bonds. The Morgan fingerprint density at radius 2 is 1.82 bits per heavy atom. The van der Waals surface area contributed by atoms with Crippen LogP contribution < -0.4 is 5.32 Å². The second-order valence-electron chi connectivity index (χ2n) is 8.23. The van der Waals surface area contributed by atoms with E-state index in [0.29, 0.717) is 6.10 Å². The molecule has 0 aromatic rings. The van der Waals surface area contributed by atoms with Gasteiger partial charge in [-0.1, -0.05) is 25.7 Å². The smallest absolute Gasteiger partial charge is 0.194 e. The maximum absolute atomic E-state index is 6.10. The summed E-state index contributed by atoms with van der Waals surface area (Å²) in [5, 5.41) is 3.48. The van der Waals surface area contributed by atoms with E-state index in [4.69, 9.17) is 14.5 Å². The summed E-state index contributed by atoms with van der Waals surface area (Å²) in [5.41, 5.74) is 0. The van der Waals surface area contributed by atoms with Crippen LogP contribution in [0, 0.1) is 5.92 Å². The number of rotatable bonds is 7. The number of ether oxygens (including phenoxy) is 2. The molecule has 164 valence electrons. The maximum atomic E-state index is 6.10. The molecule has 3 fully saturated rings. The zero-order valence-electron chi connectivity index (χ0n) is 17.7. The lowest BCUT2D eigenvalue weighted by Gasteiger charge is -2.29. The van der Waals surface area contributed by atoms with Gasteiger partial charge in [-0.25, -0.2) is 0 Å². The van der Waals surface area contributed by atoms with Crippen molar-refractivity contribution < 1.29 is 9.47 Å². The Hall–Kier alpha value is -0.120. The third kappa shape index (κ3) is 8.32. The molecule has 0 bridgehead atoms. The van der Waals surface area contributed by atoms with E-state index in [1.54, 1.807) is 0 Å². The minimum Gasteiger partial charge on any atom is -0.379 e. The summed E-state index contributed by atoms with van der Waals surface area (Å²) >= 11 is 0. The molecule has 3 aliphatic rings. The van der Waals surface area contributed by atoms with Gasteiger partial charge in [-0.15, -0.1) is 24.0 Å². The molecule has 2 aliphatic heterocycles. The van der Waals surface area contributed by atoms with Crippen molar-refractivity contribution in [1.82, 2.24) is 15.1 Å². The lowest BCUT2D eigenvalue weighted by atomic mass is 10.1. The van der Waals surface area contributed by atoms with Crippen LogP contribution in [0.2, 0.25) is 0 Å². The van der Waals surface area contributed by atoms with Gasteiger partial charge in [0.15, 0.2) is 5.96 Å². The normalized spacial score (nSPS) is 25.4. The van der Waals surface area contributed by atoms with Crippen LogP contribution in [-0.4, -0.2) is 87.5 Å². The first-order valence-electron chi connectivity index (χ1n) is 11.3. The molecule has 3 rings (SSSR count). The number of morpholine rings is 1. The fraction of sp³-hybridized carbons (Fsp3) is 0.952. The average molecular weight is 508 g/mol. The van der Waals surface area contributed by atoms with Gasteiger partial charge in [0.05, 0.1) is 32.5 Å². The second kappa shape index (κ2) is 14.0. The van der Waals surface area contributed by atoms with Gasteiger partial charge in [-0.2, -0.15) is 0 Å². The number of nitrogens with zero attached hydrogens (tertiary/aromatic N) is 3. The molecule has 1 saturated carbocycles. The summed E-state index contributed by atoms with van der Waals surface area (Å²) in [6.45, 7) is 12.0. The van der Waals surface area contributed by atoms with Crippen LogP contribution in [0.1, 0.15) is 51.9 Å². The fourth-order valence-corrected chi connectivity index (χ4v) is 4.53. The van der Waals surface area contributed by atoms with Gasteiger partial charge in [-0.05, 0) is 32.1 Å². The molecule has 1 N–H and O–H groups in total. The van der Waals surface area contributed by atoms with Crippen molar-refractivity contribution in [3.63, 3.8) is 0 Å². The van der Waals surface area contributed by atoms with Crippen molar-refractivity contribution in [2.45, 2.75) is 58.0 Å². The van der Waals surface area contributed by atoms with Crippen LogP contribution in [-0.2, 0) is 9.47 Å². The van der Waals surface area contributed by atoms with Crippen molar-refractivity contribution in [3.8, 4) is 0 Å². The van der Waals surface area contributed by atoms with E-state index >= 15 is 0 Å². The van der Waals surface area contributed by atoms with E-state index in [-0.39, 0.29) is 24.0 Å². The largest absolute Gasteiger partial charge is 0.379 e. The van der Waals surface area contributed by atoms with Crippen molar-refractivity contribution >= 4 is 29.9 Å². The van der Waals surface area contributed by atoms with Gasteiger partial charge in [0, 0.05) is 39.3 Å². The van der Waals surface area contributed by atoms with Crippen molar-refractivity contribution in [3.05, 3.63) is 0 Å². The summed E-state index contributed by atoms with van der Waals surface area (Å²) < 4.78 is 11.6. The van der Waals surface area contributed by atoms with Crippen LogP contribution in [0.15, 0.2) is 4.99 Å². The quantitative estimate of drug-likeness (QED) is 0.189. The van der Waals surface area contributed by atoms with Gasteiger partial charge in [0.2, 0.25) is 0 Å². The Morgan fingerprint density at radius 3 is 2.54 bits per heavy atom. The summed E-state index contributed by atoms with van der Waals surface area (Å²) in [5.74, 6) is 1.82.